The molecule has 0 aromatic rings. The van der Waals surface area contributed by atoms with Crippen LogP contribution in [0.5, 0.6) is 0 Å². The Hall–Kier alpha value is -0.510. The average Bonchev–Trinajstić information content (AvgIpc) is 2.73. The summed E-state index contributed by atoms with van der Waals surface area (Å²) in [5.41, 5.74) is 0. The van der Waals surface area contributed by atoms with Crippen molar-refractivity contribution in [2.24, 2.45) is 0 Å². The number of halogens is 1. The molecule has 1 unspecified atom stereocenters. The zero-order valence-corrected chi connectivity index (χ0v) is 11.4. The molecule has 1 atom stereocenters. The third-order valence-corrected chi connectivity index (χ3v) is 5.09. The van der Waals surface area contributed by atoms with E-state index in [4.69, 9.17) is 11.2 Å². The van der Waals surface area contributed by atoms with E-state index in [2.05, 4.69) is 9.47 Å². The molecule has 0 aromatic heterocycles. The van der Waals surface area contributed by atoms with Crippen molar-refractivity contribution in [1.29, 1.82) is 0 Å². The van der Waals surface area contributed by atoms with Gasteiger partial charge in [0.15, 0.2) is 0 Å². The largest absolute Gasteiger partial charge is 0.447 e. The van der Waals surface area contributed by atoms with E-state index in [1.807, 2.05) is 0 Å². The zero-order valence-electron chi connectivity index (χ0n) is 8.30. The van der Waals surface area contributed by atoms with Crippen molar-refractivity contribution in [2.75, 3.05) is 26.3 Å². The Labute approximate surface area is 99.9 Å². The van der Waals surface area contributed by atoms with E-state index in [0.717, 1.165) is 9.34 Å². The van der Waals surface area contributed by atoms with Crippen LogP contribution in [0.15, 0.2) is 0 Å². The van der Waals surface area contributed by atoms with Crippen LogP contribution < -0.4 is 0 Å². The molecule has 2 heterocycles. The highest BCUT2D eigenvalue weighted by atomic mass is 35.7. The lowest BCUT2D eigenvalue weighted by molar-refractivity contribution is 0.166. The van der Waals surface area contributed by atoms with Crippen molar-refractivity contribution in [1.82, 2.24) is 9.34 Å². The number of cyclic esters (lactones) is 2. The molecule has 10 heteroatoms. The van der Waals surface area contributed by atoms with Crippen molar-refractivity contribution in [3.8, 4) is 0 Å². The van der Waals surface area contributed by atoms with Gasteiger partial charge in [-0.15, -0.1) is 0 Å². The molecule has 0 aliphatic carbocycles. The van der Waals surface area contributed by atoms with Gasteiger partial charge in [0.1, 0.15) is 13.2 Å². The second kappa shape index (κ2) is 4.78. The Morgan fingerprint density at radius 3 is 1.69 bits per heavy atom. The number of carbonyl (C=O) groups excluding carboxylic acids is 2. The molecule has 0 bridgehead atoms. The summed E-state index contributed by atoms with van der Waals surface area (Å²) in [5.74, 6) is 0. The fourth-order valence-corrected chi connectivity index (χ4v) is 3.61. The van der Waals surface area contributed by atoms with Gasteiger partial charge in [-0.1, -0.05) is 0 Å². The van der Waals surface area contributed by atoms with Crippen LogP contribution in [-0.2, 0) is 14.0 Å². The predicted molar refractivity (Wildman–Crippen MR) is 60.7 cm³/mol. The van der Waals surface area contributed by atoms with E-state index < -0.39 is 19.0 Å². The summed E-state index contributed by atoms with van der Waals surface area (Å²) in [4.78, 5) is 22.3. The van der Waals surface area contributed by atoms with Crippen LogP contribution in [0.25, 0.3) is 0 Å². The number of amides is 2. The van der Waals surface area contributed by atoms with Crippen LogP contribution in [0.1, 0.15) is 0 Å². The van der Waals surface area contributed by atoms with Crippen molar-refractivity contribution in [3.63, 3.8) is 0 Å². The van der Waals surface area contributed by atoms with Crippen molar-refractivity contribution < 1.29 is 23.6 Å². The van der Waals surface area contributed by atoms with Crippen molar-refractivity contribution >= 4 is 40.1 Å². The highest BCUT2D eigenvalue weighted by Crippen LogP contribution is 2.59. The number of ether oxygens (including phenoxy) is 2. The van der Waals surface area contributed by atoms with Gasteiger partial charge in [0.25, 0.3) is 0 Å². The summed E-state index contributed by atoms with van der Waals surface area (Å²) in [5, 5.41) is 0. The molecular weight excluding hydrogens is 277 g/mol. The second-order valence-corrected chi connectivity index (χ2v) is 6.18. The fourth-order valence-electron chi connectivity index (χ4n) is 1.35. The molecule has 2 aliphatic rings. The summed E-state index contributed by atoms with van der Waals surface area (Å²) >= 11 is 5.74. The molecule has 2 amide bonds. The quantitative estimate of drug-likeness (QED) is 0.716. The van der Waals surface area contributed by atoms with Gasteiger partial charge in [-0.05, 0) is 11.2 Å². The predicted octanol–water partition coefficient (Wildman–Crippen LogP) is 1.30. The molecule has 2 fully saturated rings. The van der Waals surface area contributed by atoms with Gasteiger partial charge in [0.2, 0.25) is 0 Å². The van der Waals surface area contributed by atoms with E-state index >= 15 is 0 Å². The average molecular weight is 289 g/mol. The molecule has 16 heavy (non-hydrogen) atoms. The smallest absolute Gasteiger partial charge is 0.417 e. The summed E-state index contributed by atoms with van der Waals surface area (Å²) in [6.45, 7) is -3.23. The van der Waals surface area contributed by atoms with Crippen LogP contribution in [0.2, 0.25) is 0 Å². The summed E-state index contributed by atoms with van der Waals surface area (Å²) < 4.78 is 23.0. The minimum absolute atomic E-state index is 0. The normalized spacial score (nSPS) is 20.6. The van der Waals surface area contributed by atoms with Crippen LogP contribution in [0, 0.1) is 0 Å². The van der Waals surface area contributed by atoms with Crippen molar-refractivity contribution in [3.05, 3.63) is 0 Å². The first-order chi connectivity index (χ1) is 7.03. The Morgan fingerprint density at radius 2 is 1.44 bits per heavy atom. The maximum atomic E-state index is 12.1. The highest BCUT2D eigenvalue weighted by Gasteiger charge is 2.47. The first-order valence-electron chi connectivity index (χ1n) is 4.23. The Morgan fingerprint density at radius 1 is 1.06 bits per heavy atom. The van der Waals surface area contributed by atoms with Gasteiger partial charge >= 0.3 is 19.0 Å². The maximum absolute atomic E-state index is 12.1. The van der Waals surface area contributed by atoms with E-state index in [0.29, 0.717) is 0 Å². The molecule has 7 nitrogen and oxygen atoms in total. The van der Waals surface area contributed by atoms with Gasteiger partial charge in [-0.3, -0.25) is 4.57 Å². The monoisotopic (exact) mass is 288 g/mol. The first kappa shape index (κ1) is 13.6. The fraction of sp³-hybridized carbons (Fsp3) is 0.667. The third-order valence-electron chi connectivity index (χ3n) is 2.07. The van der Waals surface area contributed by atoms with E-state index in [1.165, 1.54) is 0 Å². The molecule has 2 rings (SSSR count). The Balaban J connectivity index is 0.00000128. The van der Waals surface area contributed by atoms with Crippen LogP contribution in [0.4, 0.5) is 9.59 Å². The lowest BCUT2D eigenvalue weighted by atomic mass is 10.7. The van der Waals surface area contributed by atoms with E-state index in [-0.39, 0.29) is 36.2 Å². The third kappa shape index (κ3) is 2.12. The number of hydrogen-bond acceptors (Lipinski definition) is 5. The molecule has 0 radical (unpaired) electrons. The Bertz CT molecular complexity index is 335. The van der Waals surface area contributed by atoms with Crippen LogP contribution >= 0.6 is 27.9 Å². The molecule has 2 saturated heterocycles. The summed E-state index contributed by atoms with van der Waals surface area (Å²) in [6.07, 6.45) is -1.54. The number of rotatable bonds is 2. The topological polar surface area (TPSA) is 76.2 Å². The van der Waals surface area contributed by atoms with Gasteiger partial charge in [-0.25, -0.2) is 18.9 Å². The molecule has 0 N–H and O–H groups in total. The maximum Gasteiger partial charge on any atom is 0.417 e. The van der Waals surface area contributed by atoms with Crippen LogP contribution in [-0.4, -0.2) is 47.8 Å². The minimum Gasteiger partial charge on any atom is -0.447 e. The SMILES string of the molecule is O=C1OCCN1P(=O)(Cl)N1CCOC1=O.P. The molecule has 0 aromatic carbocycles. The first-order valence-corrected chi connectivity index (χ1v) is 6.74. The summed E-state index contributed by atoms with van der Waals surface area (Å²) in [7, 11) is 0. The number of carbonyl (C=O) groups is 2. The molecular formula is C6H11ClN2O5P2. The Kier molecular flexibility index (Phi) is 4.05. The van der Waals surface area contributed by atoms with Gasteiger partial charge < -0.3 is 9.47 Å². The highest BCUT2D eigenvalue weighted by molar-refractivity contribution is 7.86. The zero-order chi connectivity index (χ0) is 11.1. The van der Waals surface area contributed by atoms with Gasteiger partial charge in [-0.2, -0.15) is 9.90 Å². The van der Waals surface area contributed by atoms with E-state index in [1.54, 1.807) is 0 Å². The van der Waals surface area contributed by atoms with Crippen molar-refractivity contribution in [2.45, 2.75) is 0 Å². The lowest BCUT2D eigenvalue weighted by Gasteiger charge is -2.25. The lowest BCUT2D eigenvalue weighted by Crippen LogP contribution is -2.30. The van der Waals surface area contributed by atoms with Crippen LogP contribution in [0.3, 0.4) is 0 Å². The summed E-state index contributed by atoms with van der Waals surface area (Å²) in [6, 6.07) is 0. The second-order valence-electron chi connectivity index (χ2n) is 2.95. The minimum atomic E-state index is -3.71. The number of hydrogen-bond donors (Lipinski definition) is 0. The van der Waals surface area contributed by atoms with E-state index in [9.17, 15) is 14.2 Å². The standard InChI is InChI=1S/C6H8ClN2O5P.H3P/c7-15(12,8-1-3-13-5(8)10)9-2-4-14-6(9)11;/h1-4H2;1H3. The molecule has 92 valence electrons. The molecule has 0 spiro atoms. The number of nitrogens with zero attached hydrogens (tertiary/aromatic N) is 2. The van der Waals surface area contributed by atoms with Gasteiger partial charge in [0, 0.05) is 0 Å². The van der Waals surface area contributed by atoms with Gasteiger partial charge in [0.05, 0.1) is 13.1 Å². The molecule has 0 saturated carbocycles. The molecule has 2 aliphatic heterocycles.